The molecule has 2 rings (SSSR count). The molecule has 1 heterocycles. The van der Waals surface area contributed by atoms with Gasteiger partial charge in [0.2, 0.25) is 0 Å². The Kier molecular flexibility index (Phi) is 5.60. The molecule has 0 N–H and O–H groups in total. The molecule has 1 aliphatic rings. The Hall–Kier alpha value is -2.08. The molecule has 23 heavy (non-hydrogen) atoms. The summed E-state index contributed by atoms with van der Waals surface area (Å²) in [5.41, 5.74) is 0.433. The standard InChI is InChI=1S/C17H23NO5/c1-11-8-18(9-12(2)23-11)17(20)10-22-16-7-14(21-4)5-6-15(16)13(3)19/h5-7,11-12H,8-10H2,1-4H3. The number of benzene rings is 1. The number of rotatable bonds is 5. The predicted octanol–water partition coefficient (Wildman–Crippen LogP) is 1.91. The van der Waals surface area contributed by atoms with E-state index in [2.05, 4.69) is 0 Å². The maximum Gasteiger partial charge on any atom is 0.260 e. The van der Waals surface area contributed by atoms with Crippen LogP contribution in [0.3, 0.4) is 0 Å². The molecule has 1 aromatic carbocycles. The first kappa shape index (κ1) is 17.3. The second kappa shape index (κ2) is 7.46. The van der Waals surface area contributed by atoms with Crippen molar-refractivity contribution in [1.82, 2.24) is 4.90 Å². The number of hydrogen-bond donors (Lipinski definition) is 0. The van der Waals surface area contributed by atoms with Crippen molar-refractivity contribution in [2.45, 2.75) is 33.0 Å². The van der Waals surface area contributed by atoms with E-state index in [9.17, 15) is 9.59 Å². The van der Waals surface area contributed by atoms with Crippen molar-refractivity contribution in [3.8, 4) is 11.5 Å². The summed E-state index contributed by atoms with van der Waals surface area (Å²) in [4.78, 5) is 25.7. The molecule has 0 radical (unpaired) electrons. The van der Waals surface area contributed by atoms with Gasteiger partial charge in [0, 0.05) is 19.2 Å². The smallest absolute Gasteiger partial charge is 0.260 e. The van der Waals surface area contributed by atoms with E-state index in [-0.39, 0.29) is 30.5 Å². The molecular weight excluding hydrogens is 298 g/mol. The Labute approximate surface area is 136 Å². The lowest BCUT2D eigenvalue weighted by atomic mass is 10.1. The van der Waals surface area contributed by atoms with Gasteiger partial charge in [-0.3, -0.25) is 9.59 Å². The second-order valence-corrected chi connectivity index (χ2v) is 5.76. The molecule has 0 saturated carbocycles. The van der Waals surface area contributed by atoms with Gasteiger partial charge in [0.1, 0.15) is 11.5 Å². The molecule has 0 aliphatic carbocycles. The molecule has 1 saturated heterocycles. The van der Waals surface area contributed by atoms with Gasteiger partial charge in [-0.2, -0.15) is 0 Å². The molecular formula is C17H23NO5. The first-order valence-corrected chi connectivity index (χ1v) is 7.65. The van der Waals surface area contributed by atoms with Crippen LogP contribution in [-0.4, -0.2) is 55.6 Å². The summed E-state index contributed by atoms with van der Waals surface area (Å²) >= 11 is 0. The Bertz CT molecular complexity index is 576. The third kappa shape index (κ3) is 4.45. The van der Waals surface area contributed by atoms with Gasteiger partial charge in [-0.25, -0.2) is 0 Å². The van der Waals surface area contributed by atoms with Crippen LogP contribution in [0.1, 0.15) is 31.1 Å². The fourth-order valence-electron chi connectivity index (χ4n) is 2.65. The van der Waals surface area contributed by atoms with E-state index >= 15 is 0 Å². The Morgan fingerprint density at radius 3 is 2.48 bits per heavy atom. The van der Waals surface area contributed by atoms with Gasteiger partial charge < -0.3 is 19.1 Å². The fourth-order valence-corrected chi connectivity index (χ4v) is 2.65. The number of carbonyl (C=O) groups excluding carboxylic acids is 2. The van der Waals surface area contributed by atoms with Crippen LogP contribution in [0.25, 0.3) is 0 Å². The molecule has 6 heteroatoms. The second-order valence-electron chi connectivity index (χ2n) is 5.76. The number of amides is 1. The van der Waals surface area contributed by atoms with E-state index in [0.29, 0.717) is 30.2 Å². The van der Waals surface area contributed by atoms with Gasteiger partial charge in [0.25, 0.3) is 5.91 Å². The third-order valence-electron chi connectivity index (χ3n) is 3.69. The van der Waals surface area contributed by atoms with E-state index in [1.165, 1.54) is 14.0 Å². The van der Waals surface area contributed by atoms with Crippen molar-refractivity contribution < 1.29 is 23.8 Å². The first-order chi connectivity index (χ1) is 10.9. The van der Waals surface area contributed by atoms with Crippen LogP contribution >= 0.6 is 0 Å². The zero-order valence-electron chi connectivity index (χ0n) is 14.0. The number of methoxy groups -OCH3 is 1. The summed E-state index contributed by atoms with van der Waals surface area (Å²) in [5.74, 6) is 0.693. The molecule has 2 unspecified atom stereocenters. The van der Waals surface area contributed by atoms with Gasteiger partial charge in [-0.05, 0) is 32.9 Å². The number of nitrogens with zero attached hydrogens (tertiary/aromatic N) is 1. The average Bonchev–Trinajstić information content (AvgIpc) is 2.51. The molecule has 0 spiro atoms. The van der Waals surface area contributed by atoms with Crippen molar-refractivity contribution in [2.75, 3.05) is 26.8 Å². The van der Waals surface area contributed by atoms with E-state index < -0.39 is 0 Å². The normalized spacial score (nSPS) is 21.0. The predicted molar refractivity (Wildman–Crippen MR) is 85.1 cm³/mol. The minimum atomic E-state index is -0.122. The van der Waals surface area contributed by atoms with Crippen LogP contribution < -0.4 is 9.47 Å². The number of morpholine rings is 1. The van der Waals surface area contributed by atoms with Crippen LogP contribution in [-0.2, 0) is 9.53 Å². The topological polar surface area (TPSA) is 65.1 Å². The number of ether oxygens (including phenoxy) is 3. The lowest BCUT2D eigenvalue weighted by Crippen LogP contribution is -2.49. The van der Waals surface area contributed by atoms with E-state index in [0.717, 1.165) is 0 Å². The molecule has 0 bridgehead atoms. The summed E-state index contributed by atoms with van der Waals surface area (Å²) in [5, 5.41) is 0. The van der Waals surface area contributed by atoms with Crippen molar-refractivity contribution in [3.63, 3.8) is 0 Å². The quantitative estimate of drug-likeness (QED) is 0.775. The van der Waals surface area contributed by atoms with Crippen LogP contribution in [0.4, 0.5) is 0 Å². The summed E-state index contributed by atoms with van der Waals surface area (Å²) in [7, 11) is 1.54. The lowest BCUT2D eigenvalue weighted by Gasteiger charge is -2.35. The highest BCUT2D eigenvalue weighted by molar-refractivity contribution is 5.97. The van der Waals surface area contributed by atoms with Gasteiger partial charge in [0.15, 0.2) is 12.4 Å². The van der Waals surface area contributed by atoms with Crippen LogP contribution in [0.15, 0.2) is 18.2 Å². The third-order valence-corrected chi connectivity index (χ3v) is 3.69. The summed E-state index contributed by atoms with van der Waals surface area (Å²) in [6, 6.07) is 4.95. The molecule has 0 aromatic heterocycles. The largest absolute Gasteiger partial charge is 0.497 e. The van der Waals surface area contributed by atoms with Gasteiger partial charge >= 0.3 is 0 Å². The Morgan fingerprint density at radius 2 is 1.91 bits per heavy atom. The average molecular weight is 321 g/mol. The van der Waals surface area contributed by atoms with Gasteiger partial charge in [-0.15, -0.1) is 0 Å². The van der Waals surface area contributed by atoms with Crippen molar-refractivity contribution in [3.05, 3.63) is 23.8 Å². The molecule has 6 nitrogen and oxygen atoms in total. The van der Waals surface area contributed by atoms with Crippen molar-refractivity contribution in [1.29, 1.82) is 0 Å². The van der Waals surface area contributed by atoms with Crippen LogP contribution in [0.2, 0.25) is 0 Å². The molecule has 2 atom stereocenters. The first-order valence-electron chi connectivity index (χ1n) is 7.65. The van der Waals surface area contributed by atoms with Crippen molar-refractivity contribution >= 4 is 11.7 Å². The summed E-state index contributed by atoms with van der Waals surface area (Å²) in [6.07, 6.45) is 0.0135. The maximum absolute atomic E-state index is 12.3. The van der Waals surface area contributed by atoms with Crippen molar-refractivity contribution in [2.24, 2.45) is 0 Å². The van der Waals surface area contributed by atoms with E-state index in [1.807, 2.05) is 13.8 Å². The highest BCUT2D eigenvalue weighted by Crippen LogP contribution is 2.25. The van der Waals surface area contributed by atoms with Gasteiger partial charge in [-0.1, -0.05) is 0 Å². The Balaban J connectivity index is 2.05. The molecule has 1 aromatic rings. The Morgan fingerprint density at radius 1 is 1.26 bits per heavy atom. The minimum Gasteiger partial charge on any atom is -0.497 e. The highest BCUT2D eigenvalue weighted by atomic mass is 16.5. The summed E-state index contributed by atoms with van der Waals surface area (Å²) in [6.45, 7) is 6.31. The molecule has 126 valence electrons. The number of Topliss-reactive ketones (excluding diaryl/α,β-unsaturated/α-hetero) is 1. The lowest BCUT2D eigenvalue weighted by molar-refractivity contribution is -0.145. The highest BCUT2D eigenvalue weighted by Gasteiger charge is 2.26. The van der Waals surface area contributed by atoms with E-state index in [1.54, 1.807) is 23.1 Å². The fraction of sp³-hybridized carbons (Fsp3) is 0.529. The zero-order valence-corrected chi connectivity index (χ0v) is 14.0. The van der Waals surface area contributed by atoms with E-state index in [4.69, 9.17) is 14.2 Å². The zero-order chi connectivity index (χ0) is 17.0. The van der Waals surface area contributed by atoms with Crippen LogP contribution in [0, 0.1) is 0 Å². The number of carbonyl (C=O) groups is 2. The monoisotopic (exact) mass is 321 g/mol. The molecule has 1 amide bonds. The number of hydrogen-bond acceptors (Lipinski definition) is 5. The molecule has 1 fully saturated rings. The minimum absolute atomic E-state index is 0.00676. The SMILES string of the molecule is COc1ccc(C(C)=O)c(OCC(=O)N2CC(C)OC(C)C2)c1. The molecule has 1 aliphatic heterocycles. The van der Waals surface area contributed by atoms with Crippen LogP contribution in [0.5, 0.6) is 11.5 Å². The summed E-state index contributed by atoms with van der Waals surface area (Å²) < 4.78 is 16.3. The maximum atomic E-state index is 12.3. The number of ketones is 1. The van der Waals surface area contributed by atoms with Gasteiger partial charge in [0.05, 0.1) is 24.9 Å².